The van der Waals surface area contributed by atoms with Gasteiger partial charge in [0.05, 0.1) is 7.11 Å². The van der Waals surface area contributed by atoms with Crippen LogP contribution in [-0.2, 0) is 11.3 Å². The van der Waals surface area contributed by atoms with E-state index in [1.807, 2.05) is 24.3 Å². The van der Waals surface area contributed by atoms with Crippen molar-refractivity contribution >= 4 is 18.2 Å². The van der Waals surface area contributed by atoms with E-state index in [1.165, 1.54) is 0 Å². The number of pyridine rings is 1. The molecule has 0 bridgehead atoms. The molecule has 1 aromatic heterocycles. The standard InChI is InChI=1S/C20H22N4O4/c1-28-18-8-3-2-5-15(18)13-21-19(26)16-6-4-7-17(22-16)20(27)24-11-9-23(14-25)10-12-24/h2-8,14H,9-13H2,1H3,(H,21,26). The van der Waals surface area contributed by atoms with E-state index in [0.717, 1.165) is 12.0 Å². The van der Waals surface area contributed by atoms with Gasteiger partial charge < -0.3 is 19.9 Å². The fraction of sp³-hybridized carbons (Fsp3) is 0.300. The molecule has 8 heteroatoms. The van der Waals surface area contributed by atoms with E-state index in [2.05, 4.69) is 10.3 Å². The third kappa shape index (κ3) is 4.46. The summed E-state index contributed by atoms with van der Waals surface area (Å²) >= 11 is 0. The molecular formula is C20H22N4O4. The average Bonchev–Trinajstić information content (AvgIpc) is 2.77. The molecule has 0 spiro atoms. The molecule has 1 saturated heterocycles. The van der Waals surface area contributed by atoms with Crippen LogP contribution in [0.2, 0.25) is 0 Å². The number of para-hydroxylation sites is 1. The van der Waals surface area contributed by atoms with Crippen molar-refractivity contribution in [2.24, 2.45) is 0 Å². The van der Waals surface area contributed by atoms with E-state index in [0.29, 0.717) is 31.9 Å². The maximum absolute atomic E-state index is 12.6. The van der Waals surface area contributed by atoms with Crippen LogP contribution in [0.25, 0.3) is 0 Å². The summed E-state index contributed by atoms with van der Waals surface area (Å²) in [4.78, 5) is 43.4. The number of carbonyl (C=O) groups excluding carboxylic acids is 3. The summed E-state index contributed by atoms with van der Waals surface area (Å²) in [5.74, 6) is 0.0745. The Bertz CT molecular complexity index is 863. The molecule has 3 rings (SSSR count). The van der Waals surface area contributed by atoms with Crippen molar-refractivity contribution in [3.8, 4) is 5.75 Å². The van der Waals surface area contributed by atoms with Crippen LogP contribution in [0.4, 0.5) is 0 Å². The van der Waals surface area contributed by atoms with Crippen LogP contribution in [0.3, 0.4) is 0 Å². The van der Waals surface area contributed by atoms with Gasteiger partial charge in [0, 0.05) is 38.3 Å². The van der Waals surface area contributed by atoms with Gasteiger partial charge in [-0.2, -0.15) is 0 Å². The number of methoxy groups -OCH3 is 1. The lowest BCUT2D eigenvalue weighted by molar-refractivity contribution is -0.119. The highest BCUT2D eigenvalue weighted by Crippen LogP contribution is 2.17. The first kappa shape index (κ1) is 19.3. The highest BCUT2D eigenvalue weighted by Gasteiger charge is 2.23. The lowest BCUT2D eigenvalue weighted by atomic mass is 10.2. The summed E-state index contributed by atoms with van der Waals surface area (Å²) in [5.41, 5.74) is 1.23. The average molecular weight is 382 g/mol. The maximum atomic E-state index is 12.6. The zero-order valence-electron chi connectivity index (χ0n) is 15.6. The van der Waals surface area contributed by atoms with E-state index >= 15 is 0 Å². The highest BCUT2D eigenvalue weighted by atomic mass is 16.5. The molecule has 3 amide bonds. The van der Waals surface area contributed by atoms with Gasteiger partial charge in [0.1, 0.15) is 17.1 Å². The number of piperazine rings is 1. The highest BCUT2D eigenvalue weighted by molar-refractivity contribution is 5.96. The predicted molar refractivity (Wildman–Crippen MR) is 102 cm³/mol. The van der Waals surface area contributed by atoms with Gasteiger partial charge in [0.25, 0.3) is 11.8 Å². The fourth-order valence-electron chi connectivity index (χ4n) is 2.99. The summed E-state index contributed by atoms with van der Waals surface area (Å²) in [6.45, 7) is 2.17. The Morgan fingerprint density at radius 3 is 2.50 bits per heavy atom. The molecule has 2 aromatic rings. The molecule has 0 aliphatic carbocycles. The molecule has 28 heavy (non-hydrogen) atoms. The molecule has 1 aliphatic heterocycles. The molecule has 0 unspecified atom stereocenters. The number of ether oxygens (including phenoxy) is 1. The van der Waals surface area contributed by atoms with Crippen molar-refractivity contribution in [1.29, 1.82) is 0 Å². The van der Waals surface area contributed by atoms with Gasteiger partial charge in [0.15, 0.2) is 0 Å². The van der Waals surface area contributed by atoms with Crippen LogP contribution in [0, 0.1) is 0 Å². The molecule has 2 heterocycles. The van der Waals surface area contributed by atoms with Crippen molar-refractivity contribution in [3.05, 3.63) is 59.4 Å². The topological polar surface area (TPSA) is 91.8 Å². The van der Waals surface area contributed by atoms with Crippen molar-refractivity contribution in [3.63, 3.8) is 0 Å². The minimum Gasteiger partial charge on any atom is -0.496 e. The Morgan fingerprint density at radius 2 is 1.79 bits per heavy atom. The first-order chi connectivity index (χ1) is 13.6. The Hall–Kier alpha value is -3.42. The smallest absolute Gasteiger partial charge is 0.272 e. The van der Waals surface area contributed by atoms with Crippen LogP contribution in [0.15, 0.2) is 42.5 Å². The second-order valence-electron chi connectivity index (χ2n) is 6.34. The molecule has 1 aromatic carbocycles. The second-order valence-corrected chi connectivity index (χ2v) is 6.34. The van der Waals surface area contributed by atoms with Gasteiger partial charge >= 0.3 is 0 Å². The number of hydrogen-bond acceptors (Lipinski definition) is 5. The quantitative estimate of drug-likeness (QED) is 0.751. The van der Waals surface area contributed by atoms with Crippen molar-refractivity contribution in [2.45, 2.75) is 6.54 Å². The first-order valence-electron chi connectivity index (χ1n) is 8.98. The number of benzene rings is 1. The lowest BCUT2D eigenvalue weighted by Gasteiger charge is -2.32. The number of carbonyl (C=O) groups is 3. The van der Waals surface area contributed by atoms with Crippen molar-refractivity contribution < 1.29 is 19.1 Å². The van der Waals surface area contributed by atoms with E-state index in [-0.39, 0.29) is 29.7 Å². The number of nitrogens with zero attached hydrogens (tertiary/aromatic N) is 3. The number of rotatable bonds is 6. The number of amides is 3. The van der Waals surface area contributed by atoms with E-state index in [1.54, 1.807) is 35.1 Å². The zero-order valence-corrected chi connectivity index (χ0v) is 15.6. The van der Waals surface area contributed by atoms with Gasteiger partial charge in [-0.15, -0.1) is 0 Å². The second kappa shape index (κ2) is 8.98. The summed E-state index contributed by atoms with van der Waals surface area (Å²) in [7, 11) is 1.58. The third-order valence-corrected chi connectivity index (χ3v) is 4.58. The summed E-state index contributed by atoms with van der Waals surface area (Å²) in [5, 5.41) is 2.80. The van der Waals surface area contributed by atoms with Gasteiger partial charge in [-0.3, -0.25) is 14.4 Å². The molecule has 0 atom stereocenters. The minimum atomic E-state index is -0.369. The number of hydrogen-bond donors (Lipinski definition) is 1. The van der Waals surface area contributed by atoms with Gasteiger partial charge in [0.2, 0.25) is 6.41 Å². The molecule has 8 nitrogen and oxygen atoms in total. The fourth-order valence-corrected chi connectivity index (χ4v) is 2.99. The molecule has 1 fully saturated rings. The molecule has 1 N–H and O–H groups in total. The van der Waals surface area contributed by atoms with Crippen LogP contribution in [-0.4, -0.2) is 66.3 Å². The SMILES string of the molecule is COc1ccccc1CNC(=O)c1cccc(C(=O)N2CCN(C=O)CC2)n1. The van der Waals surface area contributed by atoms with E-state index in [4.69, 9.17) is 4.74 Å². The minimum absolute atomic E-state index is 0.173. The summed E-state index contributed by atoms with van der Waals surface area (Å²) in [6, 6.07) is 12.2. The lowest BCUT2D eigenvalue weighted by Crippen LogP contribution is -2.48. The molecule has 0 saturated carbocycles. The normalized spacial score (nSPS) is 13.8. The van der Waals surface area contributed by atoms with E-state index in [9.17, 15) is 14.4 Å². The van der Waals surface area contributed by atoms with E-state index < -0.39 is 0 Å². The monoisotopic (exact) mass is 382 g/mol. The Morgan fingerprint density at radius 1 is 1.07 bits per heavy atom. The zero-order chi connectivity index (χ0) is 19.9. The molecule has 0 radical (unpaired) electrons. The first-order valence-corrected chi connectivity index (χ1v) is 8.98. The summed E-state index contributed by atoms with van der Waals surface area (Å²) in [6.07, 6.45) is 0.784. The van der Waals surface area contributed by atoms with Gasteiger partial charge in [-0.1, -0.05) is 24.3 Å². The van der Waals surface area contributed by atoms with Crippen LogP contribution >= 0.6 is 0 Å². The van der Waals surface area contributed by atoms with Crippen molar-refractivity contribution in [1.82, 2.24) is 20.1 Å². The Labute approximate surface area is 163 Å². The summed E-state index contributed by atoms with van der Waals surface area (Å²) < 4.78 is 5.27. The van der Waals surface area contributed by atoms with Crippen LogP contribution in [0.5, 0.6) is 5.75 Å². The Kier molecular flexibility index (Phi) is 6.21. The molecule has 1 aliphatic rings. The molecular weight excluding hydrogens is 360 g/mol. The third-order valence-electron chi connectivity index (χ3n) is 4.58. The Balaban J connectivity index is 1.64. The van der Waals surface area contributed by atoms with Crippen LogP contribution < -0.4 is 10.1 Å². The number of nitrogens with one attached hydrogen (secondary N) is 1. The predicted octanol–water partition coefficient (Wildman–Crippen LogP) is 0.934. The van der Waals surface area contributed by atoms with Gasteiger partial charge in [-0.05, 0) is 18.2 Å². The van der Waals surface area contributed by atoms with Crippen molar-refractivity contribution in [2.75, 3.05) is 33.3 Å². The van der Waals surface area contributed by atoms with Crippen LogP contribution in [0.1, 0.15) is 26.5 Å². The maximum Gasteiger partial charge on any atom is 0.272 e. The number of aromatic nitrogens is 1. The molecule has 146 valence electrons. The largest absolute Gasteiger partial charge is 0.496 e. The van der Waals surface area contributed by atoms with Gasteiger partial charge in [-0.25, -0.2) is 4.98 Å².